The lowest BCUT2D eigenvalue weighted by molar-refractivity contribution is -0.235. The Kier molecular flexibility index (Phi) is 4.90. The Balaban J connectivity index is 1.83. The van der Waals surface area contributed by atoms with E-state index in [1.54, 1.807) is 14.2 Å². The summed E-state index contributed by atoms with van der Waals surface area (Å²) >= 11 is 0. The first kappa shape index (κ1) is 14.0. The smallest absolute Gasteiger partial charge is 0.323 e. The van der Waals surface area contributed by atoms with Gasteiger partial charge in [-0.2, -0.15) is 0 Å². The van der Waals surface area contributed by atoms with Crippen LogP contribution in [0.2, 0.25) is 0 Å². The largest absolute Gasteiger partial charge is 0.460 e. The van der Waals surface area contributed by atoms with Crippen LogP contribution in [0.5, 0.6) is 0 Å². The monoisotopic (exact) mass is 265 g/mol. The van der Waals surface area contributed by atoms with Crippen molar-refractivity contribution in [3.8, 4) is 0 Å². The number of ether oxygens (including phenoxy) is 3. The maximum absolute atomic E-state index is 12.0. The molecule has 1 heterocycles. The maximum Gasteiger partial charge on any atom is 0.323 e. The molecule has 5 heteroatoms. The van der Waals surface area contributed by atoms with Crippen molar-refractivity contribution in [3.05, 3.63) is 35.9 Å². The SMILES string of the molecule is COC(OC)N1CCC1C(=O)OCc1ccccc1. The topological polar surface area (TPSA) is 48.0 Å². The third-order valence-corrected chi connectivity index (χ3v) is 3.23. The molecule has 5 nitrogen and oxygen atoms in total. The van der Waals surface area contributed by atoms with E-state index in [9.17, 15) is 4.79 Å². The summed E-state index contributed by atoms with van der Waals surface area (Å²) in [6.45, 7) is 1.08. The van der Waals surface area contributed by atoms with E-state index >= 15 is 0 Å². The molecule has 1 saturated heterocycles. The van der Waals surface area contributed by atoms with Crippen molar-refractivity contribution in [2.24, 2.45) is 0 Å². The van der Waals surface area contributed by atoms with Crippen molar-refractivity contribution < 1.29 is 19.0 Å². The van der Waals surface area contributed by atoms with Gasteiger partial charge in [-0.15, -0.1) is 0 Å². The molecule has 104 valence electrons. The third-order valence-electron chi connectivity index (χ3n) is 3.23. The van der Waals surface area contributed by atoms with Crippen LogP contribution in [0.25, 0.3) is 0 Å². The van der Waals surface area contributed by atoms with Crippen molar-refractivity contribution in [3.63, 3.8) is 0 Å². The highest BCUT2D eigenvalue weighted by Crippen LogP contribution is 2.23. The first-order chi connectivity index (χ1) is 9.26. The molecule has 1 aliphatic rings. The number of rotatable bonds is 6. The van der Waals surface area contributed by atoms with Gasteiger partial charge in [-0.1, -0.05) is 30.3 Å². The van der Waals surface area contributed by atoms with Gasteiger partial charge >= 0.3 is 5.97 Å². The summed E-state index contributed by atoms with van der Waals surface area (Å²) in [5.74, 6) is -0.228. The van der Waals surface area contributed by atoms with Gasteiger partial charge in [-0.25, -0.2) is 4.90 Å². The summed E-state index contributed by atoms with van der Waals surface area (Å²) in [4.78, 5) is 13.8. The van der Waals surface area contributed by atoms with Crippen LogP contribution >= 0.6 is 0 Å². The minimum Gasteiger partial charge on any atom is -0.460 e. The number of hydrogen-bond acceptors (Lipinski definition) is 5. The standard InChI is InChI=1S/C14H19NO4/c1-17-14(18-2)15-9-8-12(15)13(16)19-10-11-6-4-3-5-7-11/h3-7,12,14H,8-10H2,1-2H3. The molecule has 0 N–H and O–H groups in total. The van der Waals surface area contributed by atoms with E-state index in [2.05, 4.69) is 0 Å². The maximum atomic E-state index is 12.0. The van der Waals surface area contributed by atoms with Crippen LogP contribution in [0.4, 0.5) is 0 Å². The molecular weight excluding hydrogens is 246 g/mol. The Morgan fingerprint density at radius 2 is 2.00 bits per heavy atom. The van der Waals surface area contributed by atoms with Crippen molar-refractivity contribution in [1.82, 2.24) is 4.90 Å². The highest BCUT2D eigenvalue weighted by atomic mass is 16.7. The molecule has 0 bridgehead atoms. The lowest BCUT2D eigenvalue weighted by Gasteiger charge is -2.42. The average Bonchev–Trinajstić information content (AvgIpc) is 2.42. The van der Waals surface area contributed by atoms with Crippen LogP contribution in [0.1, 0.15) is 12.0 Å². The lowest BCUT2D eigenvalue weighted by Crippen LogP contribution is -2.58. The molecule has 0 aliphatic carbocycles. The van der Waals surface area contributed by atoms with E-state index in [1.165, 1.54) is 0 Å². The molecule has 0 saturated carbocycles. The van der Waals surface area contributed by atoms with Crippen molar-refractivity contribution in [2.75, 3.05) is 20.8 Å². The van der Waals surface area contributed by atoms with Gasteiger partial charge in [0.15, 0.2) is 0 Å². The number of esters is 1. The van der Waals surface area contributed by atoms with E-state index < -0.39 is 6.41 Å². The highest BCUT2D eigenvalue weighted by molar-refractivity contribution is 5.76. The van der Waals surface area contributed by atoms with Crippen molar-refractivity contribution in [2.45, 2.75) is 25.5 Å². The molecule has 0 spiro atoms. The van der Waals surface area contributed by atoms with Gasteiger partial charge in [0.05, 0.1) is 0 Å². The first-order valence-electron chi connectivity index (χ1n) is 6.28. The molecule has 1 aromatic carbocycles. The van der Waals surface area contributed by atoms with Gasteiger partial charge in [-0.3, -0.25) is 4.79 Å². The zero-order valence-electron chi connectivity index (χ0n) is 11.2. The van der Waals surface area contributed by atoms with Gasteiger partial charge in [-0.05, 0) is 12.0 Å². The molecule has 1 unspecified atom stereocenters. The predicted molar refractivity (Wildman–Crippen MR) is 69.2 cm³/mol. The minimum absolute atomic E-state index is 0.228. The zero-order chi connectivity index (χ0) is 13.7. The fourth-order valence-corrected chi connectivity index (χ4v) is 2.10. The van der Waals surface area contributed by atoms with E-state index in [1.807, 2.05) is 35.2 Å². The fourth-order valence-electron chi connectivity index (χ4n) is 2.10. The van der Waals surface area contributed by atoms with E-state index in [-0.39, 0.29) is 12.0 Å². The summed E-state index contributed by atoms with van der Waals surface area (Å²) in [5.41, 5.74) is 0.983. The van der Waals surface area contributed by atoms with Crippen molar-refractivity contribution >= 4 is 5.97 Å². The van der Waals surface area contributed by atoms with Crippen LogP contribution in [0.3, 0.4) is 0 Å². The number of nitrogens with zero attached hydrogens (tertiary/aromatic N) is 1. The first-order valence-corrected chi connectivity index (χ1v) is 6.28. The molecule has 0 radical (unpaired) electrons. The predicted octanol–water partition coefficient (Wildman–Crippen LogP) is 1.38. The normalized spacial score (nSPS) is 19.2. The minimum atomic E-state index is -0.483. The van der Waals surface area contributed by atoms with Gasteiger partial charge in [0.25, 0.3) is 0 Å². The van der Waals surface area contributed by atoms with Crippen LogP contribution < -0.4 is 0 Å². The molecule has 1 aliphatic heterocycles. The molecule has 19 heavy (non-hydrogen) atoms. The number of hydrogen-bond donors (Lipinski definition) is 0. The van der Waals surface area contributed by atoms with E-state index in [4.69, 9.17) is 14.2 Å². The fraction of sp³-hybridized carbons (Fsp3) is 0.500. The summed E-state index contributed by atoms with van der Waals surface area (Å²) in [6.07, 6.45) is 0.291. The van der Waals surface area contributed by atoms with Crippen molar-refractivity contribution in [1.29, 1.82) is 0 Å². The molecule has 1 aromatic rings. The zero-order valence-corrected chi connectivity index (χ0v) is 11.2. The second-order valence-corrected chi connectivity index (χ2v) is 4.41. The number of likely N-dealkylation sites (tertiary alicyclic amines) is 1. The lowest BCUT2D eigenvalue weighted by atomic mass is 10.0. The molecular formula is C14H19NO4. The summed E-state index contributed by atoms with van der Waals surface area (Å²) in [6, 6.07) is 9.36. The van der Waals surface area contributed by atoms with Crippen LogP contribution in [-0.4, -0.2) is 44.1 Å². The summed E-state index contributed by atoms with van der Waals surface area (Å²) < 4.78 is 15.6. The van der Waals surface area contributed by atoms with Crippen LogP contribution in [0.15, 0.2) is 30.3 Å². The Labute approximate surface area is 113 Å². The van der Waals surface area contributed by atoms with Gasteiger partial charge in [0.2, 0.25) is 6.41 Å². The molecule has 0 aromatic heterocycles. The van der Waals surface area contributed by atoms with Crippen LogP contribution in [-0.2, 0) is 25.6 Å². The second kappa shape index (κ2) is 6.65. The number of benzene rings is 1. The van der Waals surface area contributed by atoms with E-state index in [0.29, 0.717) is 6.61 Å². The third kappa shape index (κ3) is 3.32. The number of methoxy groups -OCH3 is 2. The van der Waals surface area contributed by atoms with Gasteiger partial charge < -0.3 is 14.2 Å². The summed E-state index contributed by atoms with van der Waals surface area (Å²) in [5, 5.41) is 0. The number of carbonyl (C=O) groups is 1. The van der Waals surface area contributed by atoms with Gasteiger partial charge in [0, 0.05) is 20.8 Å². The van der Waals surface area contributed by atoms with Gasteiger partial charge in [0.1, 0.15) is 12.6 Å². The molecule has 1 atom stereocenters. The van der Waals surface area contributed by atoms with Crippen LogP contribution in [0, 0.1) is 0 Å². The highest BCUT2D eigenvalue weighted by Gasteiger charge is 2.40. The second-order valence-electron chi connectivity index (χ2n) is 4.41. The van der Waals surface area contributed by atoms with E-state index in [0.717, 1.165) is 18.5 Å². The average molecular weight is 265 g/mol. The molecule has 2 rings (SSSR count). The Bertz CT molecular complexity index is 405. The molecule has 0 amide bonds. The Hall–Kier alpha value is -1.43. The Morgan fingerprint density at radius 3 is 2.53 bits per heavy atom. The Morgan fingerprint density at radius 1 is 1.32 bits per heavy atom. The number of carbonyl (C=O) groups excluding carboxylic acids is 1. The summed E-state index contributed by atoms with van der Waals surface area (Å²) in [7, 11) is 3.11. The molecule has 1 fully saturated rings. The quantitative estimate of drug-likeness (QED) is 0.574.